The van der Waals surface area contributed by atoms with E-state index >= 15 is 0 Å². The molecule has 0 radical (unpaired) electrons. The lowest BCUT2D eigenvalue weighted by Crippen LogP contribution is -2.41. The summed E-state index contributed by atoms with van der Waals surface area (Å²) in [6.45, 7) is 25.1. The lowest BCUT2D eigenvalue weighted by atomic mass is 10.2. The Morgan fingerprint density at radius 2 is 1.22 bits per heavy atom. The maximum absolute atomic E-state index is 12.0. The van der Waals surface area contributed by atoms with Gasteiger partial charge < -0.3 is 36.5 Å². The Morgan fingerprint density at radius 1 is 0.822 bits per heavy atom. The largest absolute Gasteiger partial charge is 0.478 e. The van der Waals surface area contributed by atoms with Crippen LogP contribution >= 0.6 is 23.2 Å². The molecule has 11 nitrogen and oxygen atoms in total. The predicted octanol–water partition coefficient (Wildman–Crippen LogP) is 6.83. The minimum absolute atomic E-state index is 0.0231. The van der Waals surface area contributed by atoms with E-state index in [1.165, 1.54) is 24.5 Å². The highest BCUT2D eigenvalue weighted by Gasteiger charge is 2.37. The zero-order valence-corrected chi connectivity index (χ0v) is 32.0. The summed E-state index contributed by atoms with van der Waals surface area (Å²) in [6, 6.07) is 2.68. The van der Waals surface area contributed by atoms with Gasteiger partial charge in [-0.05, 0) is 67.8 Å². The van der Waals surface area contributed by atoms with Gasteiger partial charge in [0.2, 0.25) is 0 Å². The number of halogens is 2. The normalized spacial score (nSPS) is 11.9. The quantitative estimate of drug-likeness (QED) is 0.0941. The number of hydrogen-bond donors (Lipinski definition) is 5. The summed E-state index contributed by atoms with van der Waals surface area (Å²) in [4.78, 5) is 29.9. The van der Waals surface area contributed by atoms with Crippen LogP contribution in [-0.2, 0) is 8.85 Å². The summed E-state index contributed by atoms with van der Waals surface area (Å²) in [7, 11) is -3.22. The van der Waals surface area contributed by atoms with Crippen LogP contribution in [0.25, 0.3) is 0 Å². The van der Waals surface area contributed by atoms with Crippen molar-refractivity contribution >= 4 is 63.1 Å². The number of carbonyl (C=O) groups excluding carboxylic acids is 1. The third kappa shape index (κ3) is 15.7. The van der Waals surface area contributed by atoms with E-state index in [1.54, 1.807) is 0 Å². The van der Waals surface area contributed by atoms with E-state index in [-0.39, 0.29) is 32.5 Å². The van der Waals surface area contributed by atoms with Crippen LogP contribution in [0.3, 0.4) is 0 Å². The summed E-state index contributed by atoms with van der Waals surface area (Å²) in [5, 5.41) is 12.2. The third-order valence-corrected chi connectivity index (χ3v) is 17.3. The van der Waals surface area contributed by atoms with Crippen LogP contribution in [0, 0.1) is 0 Å². The molecule has 2 aromatic heterocycles. The Labute approximate surface area is 281 Å². The Morgan fingerprint density at radius 3 is 1.60 bits per heavy atom. The number of rotatable bonds is 11. The van der Waals surface area contributed by atoms with E-state index in [0.717, 1.165) is 26.0 Å². The van der Waals surface area contributed by atoms with Gasteiger partial charge >= 0.3 is 5.97 Å². The third-order valence-electron chi connectivity index (χ3n) is 7.77. The van der Waals surface area contributed by atoms with E-state index in [9.17, 15) is 9.59 Å². The monoisotopic (exact) mass is 704 g/mol. The average molecular weight is 706 g/mol. The van der Waals surface area contributed by atoms with Gasteiger partial charge in [0.25, 0.3) is 5.91 Å². The molecule has 0 bridgehead atoms. The molecule has 0 unspecified atom stereocenters. The number of pyridine rings is 2. The van der Waals surface area contributed by atoms with Gasteiger partial charge in [0.1, 0.15) is 10.3 Å². The highest BCUT2D eigenvalue weighted by molar-refractivity contribution is 6.74. The molecular formula is C30H54Cl2N6O5Si2. The van der Waals surface area contributed by atoms with Crippen LogP contribution in [0.4, 0.5) is 11.4 Å². The van der Waals surface area contributed by atoms with Crippen molar-refractivity contribution in [2.24, 2.45) is 5.73 Å². The molecule has 45 heavy (non-hydrogen) atoms. The molecular weight excluding hydrogens is 651 g/mol. The SMILES string of the molecule is CC(C)(C)[Si](C)(C)OCCCN.CC(C)(C)[Si](C)(C)OCCCNC(=O)c1cc(Cl)ncc1N.Nc1cnc(Cl)cc1C(=O)O. The Balaban J connectivity index is 0.000000710. The van der Waals surface area contributed by atoms with Crippen LogP contribution in [0.2, 0.25) is 46.6 Å². The number of nitrogens with two attached hydrogens (primary N) is 3. The topological polar surface area (TPSA) is 189 Å². The standard InChI is InChI=1S/C15H26ClN3O2Si.C9H23NOSi.C6H5ClN2O2/c1-15(2,3)22(4,5)21-8-6-7-18-14(20)11-9-13(16)19-10-12(11)17;1-9(2,3)12(4,5)11-8-6-7-10;7-5-1-3(6(10)11)4(8)2-9-5/h9-10H,6-8,17H2,1-5H3,(H,18,20);6-8,10H2,1-5H3;1-2H,8H2,(H,10,11). The molecule has 0 aliphatic carbocycles. The first-order chi connectivity index (χ1) is 20.5. The lowest BCUT2D eigenvalue weighted by molar-refractivity contribution is 0.0697. The van der Waals surface area contributed by atoms with Gasteiger partial charge in [0, 0.05) is 19.8 Å². The van der Waals surface area contributed by atoms with E-state index in [1.807, 2.05) is 0 Å². The molecule has 2 rings (SSSR count). The van der Waals surface area contributed by atoms with Crippen molar-refractivity contribution in [1.82, 2.24) is 15.3 Å². The zero-order chi connectivity index (χ0) is 35.2. The summed E-state index contributed by atoms with van der Waals surface area (Å²) in [5.41, 5.74) is 17.2. The first kappa shape index (κ1) is 42.7. The number of aromatic nitrogens is 2. The maximum Gasteiger partial charge on any atom is 0.337 e. The van der Waals surface area contributed by atoms with E-state index < -0.39 is 22.6 Å². The highest BCUT2D eigenvalue weighted by Crippen LogP contribution is 2.37. The molecule has 1 amide bonds. The summed E-state index contributed by atoms with van der Waals surface area (Å²) >= 11 is 11.2. The Bertz CT molecular complexity index is 1240. The second-order valence-corrected chi connectivity index (χ2v) is 23.9. The number of carboxylic acids is 1. The minimum atomic E-state index is -1.72. The fourth-order valence-corrected chi connectivity index (χ4v) is 5.29. The molecule has 0 atom stereocenters. The minimum Gasteiger partial charge on any atom is -0.478 e. The smallest absolute Gasteiger partial charge is 0.337 e. The van der Waals surface area contributed by atoms with Gasteiger partial charge in [-0.3, -0.25) is 4.79 Å². The van der Waals surface area contributed by atoms with Crippen molar-refractivity contribution in [2.45, 2.75) is 90.6 Å². The molecule has 15 heteroatoms. The summed E-state index contributed by atoms with van der Waals surface area (Å²) in [6.07, 6.45) is 4.34. The zero-order valence-electron chi connectivity index (χ0n) is 28.5. The molecule has 0 spiro atoms. The molecule has 0 aromatic carbocycles. The molecule has 2 aromatic rings. The number of nitrogen functional groups attached to an aromatic ring is 2. The van der Waals surface area contributed by atoms with Gasteiger partial charge in [-0.2, -0.15) is 0 Å². The van der Waals surface area contributed by atoms with Crippen LogP contribution in [-0.4, -0.2) is 69.9 Å². The van der Waals surface area contributed by atoms with Crippen LogP contribution in [0.1, 0.15) is 75.1 Å². The van der Waals surface area contributed by atoms with Crippen molar-refractivity contribution < 1.29 is 23.5 Å². The number of anilines is 2. The van der Waals surface area contributed by atoms with Crippen LogP contribution in [0.15, 0.2) is 24.5 Å². The number of carboxylic acid groups (broad SMARTS) is 1. The molecule has 2 heterocycles. The second-order valence-electron chi connectivity index (χ2n) is 13.5. The van der Waals surface area contributed by atoms with Crippen molar-refractivity contribution in [2.75, 3.05) is 37.8 Å². The van der Waals surface area contributed by atoms with Gasteiger partial charge in [0.15, 0.2) is 16.6 Å². The van der Waals surface area contributed by atoms with Gasteiger partial charge in [-0.25, -0.2) is 14.8 Å². The van der Waals surface area contributed by atoms with E-state index in [2.05, 4.69) is 83.0 Å². The molecule has 256 valence electrons. The van der Waals surface area contributed by atoms with Gasteiger partial charge in [0.05, 0.1) is 34.9 Å². The molecule has 0 aliphatic heterocycles. The Hall–Kier alpha value is -2.27. The van der Waals surface area contributed by atoms with Gasteiger partial charge in [-0.1, -0.05) is 64.7 Å². The first-order valence-electron chi connectivity index (χ1n) is 14.8. The van der Waals surface area contributed by atoms with Crippen LogP contribution < -0.4 is 22.5 Å². The first-order valence-corrected chi connectivity index (χ1v) is 21.4. The molecule has 8 N–H and O–H groups in total. The number of nitrogens with zero attached hydrogens (tertiary/aromatic N) is 2. The number of hydrogen-bond acceptors (Lipinski definition) is 9. The number of carbonyl (C=O) groups is 2. The van der Waals surface area contributed by atoms with Crippen molar-refractivity contribution in [3.8, 4) is 0 Å². The maximum atomic E-state index is 12.0. The molecule has 0 fully saturated rings. The molecule has 0 saturated heterocycles. The predicted molar refractivity (Wildman–Crippen MR) is 191 cm³/mol. The van der Waals surface area contributed by atoms with Gasteiger partial charge in [-0.15, -0.1) is 0 Å². The average Bonchev–Trinajstić information content (AvgIpc) is 2.90. The number of aromatic carboxylic acids is 1. The summed E-state index contributed by atoms with van der Waals surface area (Å²) < 4.78 is 11.9. The highest BCUT2D eigenvalue weighted by atomic mass is 35.5. The fraction of sp³-hybridized carbons (Fsp3) is 0.600. The summed E-state index contributed by atoms with van der Waals surface area (Å²) in [5.74, 6) is -1.35. The van der Waals surface area contributed by atoms with Crippen molar-refractivity contribution in [3.63, 3.8) is 0 Å². The molecule has 0 aliphatic rings. The number of nitrogens with one attached hydrogen (secondary N) is 1. The van der Waals surface area contributed by atoms with Crippen molar-refractivity contribution in [1.29, 1.82) is 0 Å². The second kappa shape index (κ2) is 18.8. The molecule has 0 saturated carbocycles. The van der Waals surface area contributed by atoms with E-state index in [4.69, 9.17) is 54.4 Å². The number of amides is 1. The van der Waals surface area contributed by atoms with Crippen LogP contribution in [0.5, 0.6) is 0 Å². The lowest BCUT2D eigenvalue weighted by Gasteiger charge is -2.36. The Kier molecular flexibility index (Phi) is 17.8. The van der Waals surface area contributed by atoms with E-state index in [0.29, 0.717) is 29.4 Å². The fourth-order valence-electron chi connectivity index (χ4n) is 2.80. The van der Waals surface area contributed by atoms with Crippen molar-refractivity contribution in [3.05, 3.63) is 46.0 Å².